The van der Waals surface area contributed by atoms with Crippen LogP contribution in [0.25, 0.3) is 0 Å². The lowest BCUT2D eigenvalue weighted by Gasteiger charge is -2.23. The number of alkyl halides is 9. The van der Waals surface area contributed by atoms with E-state index in [0.717, 1.165) is 0 Å². The van der Waals surface area contributed by atoms with Crippen LogP contribution in [-0.2, 0) is 0 Å². The molecule has 0 saturated heterocycles. The highest BCUT2D eigenvalue weighted by Crippen LogP contribution is 2.25. The molecule has 10 heteroatoms. The van der Waals surface area contributed by atoms with Gasteiger partial charge in [-0.2, -0.15) is 0 Å². The minimum atomic E-state index is -4.01. The van der Waals surface area contributed by atoms with E-state index in [1.54, 1.807) is 0 Å². The normalized spacial score (nSPS) is 18.0. The molecule has 0 aromatic heterocycles. The van der Waals surface area contributed by atoms with Crippen LogP contribution >= 0.6 is 0 Å². The molecular formula is C6H6BF9. The van der Waals surface area contributed by atoms with E-state index in [-0.39, 0.29) is 0 Å². The molecule has 0 rings (SSSR count). The summed E-state index contributed by atoms with van der Waals surface area (Å²) < 4.78 is 108. The molecule has 0 nitrogen and oxygen atoms in total. The Morgan fingerprint density at radius 2 is 0.625 bits per heavy atom. The fourth-order valence-corrected chi connectivity index (χ4v) is 1.03. The summed E-state index contributed by atoms with van der Waals surface area (Å²) in [4.78, 5) is 0. The molecule has 0 bridgehead atoms. The van der Waals surface area contributed by atoms with Crippen molar-refractivity contribution in [3.63, 3.8) is 0 Å². The Kier molecular flexibility index (Phi) is 6.02. The third kappa shape index (κ3) is 3.78. The van der Waals surface area contributed by atoms with Gasteiger partial charge in [0.25, 0.3) is 26.0 Å². The van der Waals surface area contributed by atoms with Gasteiger partial charge in [-0.15, -0.1) is 0 Å². The van der Waals surface area contributed by atoms with Gasteiger partial charge in [-0.25, -0.2) is 26.3 Å². The van der Waals surface area contributed by atoms with Crippen molar-refractivity contribution in [2.45, 2.75) is 37.5 Å². The SMILES string of the molecule is FC(F)C(F)B(C(F)C(F)F)C(F)C(F)F. The van der Waals surface area contributed by atoms with E-state index < -0.39 is 44.2 Å². The first-order chi connectivity index (χ1) is 7.20. The Hall–Kier alpha value is -0.565. The van der Waals surface area contributed by atoms with Crippen molar-refractivity contribution in [2.75, 3.05) is 0 Å². The largest absolute Gasteiger partial charge is 0.286 e. The first-order valence-corrected chi connectivity index (χ1v) is 3.96. The molecule has 0 amide bonds. The highest BCUT2D eigenvalue weighted by atomic mass is 19.3. The van der Waals surface area contributed by atoms with Crippen molar-refractivity contribution in [1.82, 2.24) is 0 Å². The number of halogens is 9. The van der Waals surface area contributed by atoms with E-state index in [9.17, 15) is 39.5 Å². The molecule has 0 aliphatic heterocycles. The van der Waals surface area contributed by atoms with Crippen LogP contribution in [0.1, 0.15) is 0 Å². The Balaban J connectivity index is 4.89. The van der Waals surface area contributed by atoms with Crippen LogP contribution in [-0.4, -0.2) is 44.2 Å². The smallest absolute Gasteiger partial charge is 0.250 e. The molecule has 16 heavy (non-hydrogen) atoms. The fourth-order valence-electron chi connectivity index (χ4n) is 1.03. The van der Waals surface area contributed by atoms with Gasteiger partial charge in [0.15, 0.2) is 0 Å². The van der Waals surface area contributed by atoms with Gasteiger partial charge in [-0.3, -0.25) is 13.2 Å². The van der Waals surface area contributed by atoms with Crippen LogP contribution in [0.15, 0.2) is 0 Å². The van der Waals surface area contributed by atoms with E-state index >= 15 is 0 Å². The average molecular weight is 260 g/mol. The second-order valence-corrected chi connectivity index (χ2v) is 2.91. The Morgan fingerprint density at radius 3 is 0.750 bits per heavy atom. The van der Waals surface area contributed by atoms with Crippen molar-refractivity contribution >= 4 is 6.71 Å². The maximum atomic E-state index is 12.5. The van der Waals surface area contributed by atoms with E-state index in [4.69, 9.17) is 0 Å². The van der Waals surface area contributed by atoms with Gasteiger partial charge in [0.05, 0.1) is 0 Å². The molecule has 0 aromatic rings. The maximum absolute atomic E-state index is 12.5. The second kappa shape index (κ2) is 6.24. The predicted molar refractivity (Wildman–Crippen MR) is 38.5 cm³/mol. The zero-order chi connectivity index (χ0) is 13.0. The van der Waals surface area contributed by atoms with E-state index in [0.29, 0.717) is 0 Å². The quantitative estimate of drug-likeness (QED) is 0.508. The lowest BCUT2D eigenvalue weighted by molar-refractivity contribution is 0.0425. The molecule has 3 unspecified atom stereocenters. The van der Waals surface area contributed by atoms with Gasteiger partial charge in [-0.05, 0) is 0 Å². The molecule has 0 radical (unpaired) electrons. The molecule has 0 spiro atoms. The number of hydrogen-bond acceptors (Lipinski definition) is 0. The molecule has 96 valence electrons. The zero-order valence-electron chi connectivity index (χ0n) is 7.44. The summed E-state index contributed by atoms with van der Waals surface area (Å²) in [6.45, 7) is -3.39. The molecule has 0 aromatic carbocycles. The molecule has 0 N–H and O–H groups in total. The van der Waals surface area contributed by atoms with Crippen molar-refractivity contribution < 1.29 is 39.5 Å². The second-order valence-electron chi connectivity index (χ2n) is 2.91. The summed E-state index contributed by atoms with van der Waals surface area (Å²) in [6, 6.07) is 0. The standard InChI is InChI=1S/C6H6BF9/c8-1(4(11)12)7(2(9)5(13)14)3(10)6(15)16/h1-6H. The number of hydrogen-bond donors (Lipinski definition) is 0. The third-order valence-electron chi connectivity index (χ3n) is 1.83. The van der Waals surface area contributed by atoms with E-state index in [1.165, 1.54) is 0 Å². The fraction of sp³-hybridized carbons (Fsp3) is 1.00. The lowest BCUT2D eigenvalue weighted by Crippen LogP contribution is -2.54. The molecule has 0 saturated carbocycles. The van der Waals surface area contributed by atoms with Crippen LogP contribution in [0.2, 0.25) is 0 Å². The van der Waals surface area contributed by atoms with Crippen LogP contribution < -0.4 is 0 Å². The van der Waals surface area contributed by atoms with Gasteiger partial charge in [0.2, 0.25) is 0 Å². The Bertz CT molecular complexity index is 165. The Morgan fingerprint density at radius 1 is 0.438 bits per heavy atom. The first kappa shape index (κ1) is 15.4. The molecular weight excluding hydrogens is 254 g/mol. The van der Waals surface area contributed by atoms with Crippen LogP contribution in [0.4, 0.5) is 39.5 Å². The summed E-state index contributed by atoms with van der Waals surface area (Å²) >= 11 is 0. The van der Waals surface area contributed by atoms with Crippen LogP contribution in [0.3, 0.4) is 0 Å². The summed E-state index contributed by atoms with van der Waals surface area (Å²) in [5.41, 5.74) is 0. The van der Waals surface area contributed by atoms with Gasteiger partial charge in [-0.1, -0.05) is 0 Å². The minimum absolute atomic E-state index is 3.39. The zero-order valence-corrected chi connectivity index (χ0v) is 7.44. The maximum Gasteiger partial charge on any atom is 0.286 e. The summed E-state index contributed by atoms with van der Waals surface area (Å²) in [5, 5.41) is 0. The highest BCUT2D eigenvalue weighted by molar-refractivity contribution is 6.63. The number of rotatable bonds is 6. The van der Waals surface area contributed by atoms with Crippen molar-refractivity contribution in [3.05, 3.63) is 0 Å². The van der Waals surface area contributed by atoms with Crippen LogP contribution in [0, 0.1) is 0 Å². The molecule has 0 heterocycles. The van der Waals surface area contributed by atoms with Crippen molar-refractivity contribution in [3.8, 4) is 0 Å². The van der Waals surface area contributed by atoms with E-state index in [1.807, 2.05) is 0 Å². The van der Waals surface area contributed by atoms with Crippen molar-refractivity contribution in [1.29, 1.82) is 0 Å². The van der Waals surface area contributed by atoms with Crippen molar-refractivity contribution in [2.24, 2.45) is 0 Å². The van der Waals surface area contributed by atoms with E-state index in [2.05, 4.69) is 0 Å². The highest BCUT2D eigenvalue weighted by Gasteiger charge is 2.52. The first-order valence-electron chi connectivity index (χ1n) is 3.96. The van der Waals surface area contributed by atoms with Crippen LogP contribution in [0.5, 0.6) is 0 Å². The third-order valence-corrected chi connectivity index (χ3v) is 1.83. The van der Waals surface area contributed by atoms with Gasteiger partial charge >= 0.3 is 0 Å². The molecule has 0 aliphatic carbocycles. The molecule has 3 atom stereocenters. The summed E-state index contributed by atoms with van der Waals surface area (Å²) in [6.07, 6.45) is -23.2. The average Bonchev–Trinajstić information content (AvgIpc) is 2.16. The van der Waals surface area contributed by atoms with Gasteiger partial charge < -0.3 is 0 Å². The Labute approximate surface area is 84.9 Å². The molecule has 0 aliphatic rings. The summed E-state index contributed by atoms with van der Waals surface area (Å²) in [7, 11) is 0. The lowest BCUT2D eigenvalue weighted by atomic mass is 9.39. The molecule has 0 fully saturated rings. The van der Waals surface area contributed by atoms with Gasteiger partial charge in [0.1, 0.15) is 18.2 Å². The topological polar surface area (TPSA) is 0 Å². The predicted octanol–water partition coefficient (Wildman–Crippen LogP) is 2.91. The monoisotopic (exact) mass is 260 g/mol. The minimum Gasteiger partial charge on any atom is -0.250 e. The summed E-state index contributed by atoms with van der Waals surface area (Å²) in [5.74, 6) is 0. The van der Waals surface area contributed by atoms with Gasteiger partial charge in [0, 0.05) is 0 Å².